The van der Waals surface area contributed by atoms with Crippen LogP contribution in [0.4, 0.5) is 0 Å². The molecule has 26 rings (SSSR count). The number of rotatable bonds is 10. The lowest BCUT2D eigenvalue weighted by atomic mass is 9.93. The van der Waals surface area contributed by atoms with Gasteiger partial charge in [-0.25, -0.2) is 9.97 Å². The quantitative estimate of drug-likeness (QED) is 0.130. The maximum atomic E-state index is 7.11. The van der Waals surface area contributed by atoms with Crippen LogP contribution in [-0.4, -0.2) is 39.0 Å². The molecule has 0 radical (unpaired) electrons. The van der Waals surface area contributed by atoms with E-state index < -0.39 is 0 Å². The first-order valence-electron chi connectivity index (χ1n) is 40.9. The zero-order chi connectivity index (χ0) is 80.0. The topological polar surface area (TPSA) is 140 Å². The second kappa shape index (κ2) is 27.5. The van der Waals surface area contributed by atoms with Crippen molar-refractivity contribution in [3.63, 3.8) is 0 Å². The lowest BCUT2D eigenvalue weighted by Gasteiger charge is -2.11. The van der Waals surface area contributed by atoms with Gasteiger partial charge in [0.15, 0.2) is 23.3 Å². The highest BCUT2D eigenvalue weighted by Gasteiger charge is 2.28. The van der Waals surface area contributed by atoms with Crippen molar-refractivity contribution in [2.24, 2.45) is 0 Å². The summed E-state index contributed by atoms with van der Waals surface area (Å²) in [5.74, 6) is 3.45. The van der Waals surface area contributed by atoms with Gasteiger partial charge in [-0.2, -0.15) is 19.9 Å². The molecule has 12 nitrogen and oxygen atoms in total. The van der Waals surface area contributed by atoms with Gasteiger partial charge in [0.2, 0.25) is 11.9 Å². The predicted molar refractivity (Wildman–Crippen MR) is 496 cm³/mol. The normalized spacial score (nSPS) is 11.9. The summed E-state index contributed by atoms with van der Waals surface area (Å²) < 4.78 is 31.6. The summed E-state index contributed by atoms with van der Waals surface area (Å²) in [6.45, 7) is 0. The molecule has 0 saturated heterocycles. The summed E-state index contributed by atoms with van der Waals surface area (Å²) in [6, 6.07) is 134. The van der Waals surface area contributed by atoms with Gasteiger partial charge in [0.1, 0.15) is 44.7 Å². The van der Waals surface area contributed by atoms with Crippen LogP contribution in [0.3, 0.4) is 0 Å². The van der Waals surface area contributed by atoms with Crippen LogP contribution in [0.25, 0.3) is 255 Å². The molecule has 0 unspecified atom stereocenters. The standard InChI is InChI=1S/2C55H32N4O2/c1-3-15-33(16-4-1)35-19-13-20-36(31-35)54-56-53(34-17-5-2-6-18-34)57-55(58-54)59-45-27-11-9-24-42(45)50-46(59)30-29-43-49-39-23-8-7-21-37(39)44(32-48(49)61-52(43)50)41-26-14-25-40-38-22-10-12-28-47(38)60-51(40)41;1-3-14-33(15-4-1)34-26-28-36(29-27-34)54-56-53(35-16-5-2-6-17-35)57-55(58-54)59-45-24-11-9-21-42(45)50-46(59)31-30-43-49-39-20-8-7-18-37(39)44(32-48(49)61-52(43)50)41-23-13-22-40-38-19-10-12-25-47(38)60-51(40)41/h2*1-32H. The number of hydrogen-bond acceptors (Lipinski definition) is 10. The van der Waals surface area contributed by atoms with E-state index in [1.165, 1.54) is 0 Å². The molecule has 0 bridgehead atoms. The third kappa shape index (κ3) is 10.9. The minimum absolute atomic E-state index is 0.530. The largest absolute Gasteiger partial charge is 0.455 e. The molecule has 0 N–H and O–H groups in total. The van der Waals surface area contributed by atoms with Crippen LogP contribution in [0.5, 0.6) is 0 Å². The molecule has 0 atom stereocenters. The molecule has 0 fully saturated rings. The average molecular weight is 1560 g/mol. The molecule has 0 amide bonds. The average Bonchev–Trinajstić information content (AvgIpc) is 1.54. The molecule has 8 aromatic heterocycles. The summed E-state index contributed by atoms with van der Waals surface area (Å²) in [6.07, 6.45) is 0. The number of furan rings is 4. The molecule has 568 valence electrons. The Hall–Kier alpha value is -16.7. The maximum absolute atomic E-state index is 7.11. The molecular weight excluding hydrogens is 1500 g/mol. The Labute approximate surface area is 695 Å². The summed E-state index contributed by atoms with van der Waals surface area (Å²) in [4.78, 5) is 31.0. The van der Waals surface area contributed by atoms with E-state index in [0.29, 0.717) is 35.2 Å². The van der Waals surface area contributed by atoms with Crippen molar-refractivity contribution < 1.29 is 17.7 Å². The third-order valence-corrected chi connectivity index (χ3v) is 24.1. The molecular formula is C110H64N8O4. The first-order chi connectivity index (χ1) is 60.5. The number of hydrogen-bond donors (Lipinski definition) is 0. The number of fused-ring (bicyclic) bond motifs is 24. The first-order valence-corrected chi connectivity index (χ1v) is 40.9. The number of benzene rings is 18. The van der Waals surface area contributed by atoms with Gasteiger partial charge in [-0.15, -0.1) is 0 Å². The van der Waals surface area contributed by atoms with E-state index in [1.54, 1.807) is 0 Å². The lowest BCUT2D eigenvalue weighted by molar-refractivity contribution is 0.669. The molecule has 0 aliphatic heterocycles. The van der Waals surface area contributed by atoms with Crippen molar-refractivity contribution in [1.82, 2.24) is 39.0 Å². The van der Waals surface area contributed by atoms with Crippen LogP contribution in [0.2, 0.25) is 0 Å². The molecule has 122 heavy (non-hydrogen) atoms. The summed E-state index contributed by atoms with van der Waals surface area (Å²) >= 11 is 0. The predicted octanol–water partition coefficient (Wildman–Crippen LogP) is 29.2. The summed E-state index contributed by atoms with van der Waals surface area (Å²) in [5.41, 5.74) is 22.9. The summed E-state index contributed by atoms with van der Waals surface area (Å²) in [5, 5.41) is 17.3. The van der Waals surface area contributed by atoms with Gasteiger partial charge in [-0.3, -0.25) is 9.13 Å². The van der Waals surface area contributed by atoms with Gasteiger partial charge in [0.25, 0.3) is 0 Å². The van der Waals surface area contributed by atoms with Gasteiger partial charge in [0, 0.05) is 87.2 Å². The van der Waals surface area contributed by atoms with Crippen molar-refractivity contribution in [2.75, 3.05) is 0 Å². The highest BCUT2D eigenvalue weighted by atomic mass is 16.3. The molecule has 26 aromatic rings. The van der Waals surface area contributed by atoms with Crippen molar-refractivity contribution in [1.29, 1.82) is 0 Å². The Bertz CT molecular complexity index is 8770. The minimum atomic E-state index is 0.530. The first kappa shape index (κ1) is 68.5. The molecule has 8 heterocycles. The number of para-hydroxylation sites is 6. The SMILES string of the molecule is c1ccc(-c2ccc(-c3nc(-c4ccccc4)nc(-n4c5ccccc5c5c6oc7cc(-c8cccc9c8oc8ccccc89)c8ccccc8c7c6ccc54)n3)cc2)cc1.c1ccc(-c2cccc(-c3nc(-c4ccccc4)nc(-n4c5ccccc5c5c6oc7cc(-c8cccc9c8oc8ccccc89)c8ccccc8c7c6ccc54)n3)c2)cc1. The van der Waals surface area contributed by atoms with E-state index in [0.717, 1.165) is 220 Å². The van der Waals surface area contributed by atoms with E-state index in [-0.39, 0.29) is 0 Å². The molecule has 0 aliphatic carbocycles. The Balaban J connectivity index is 0.000000134. The van der Waals surface area contributed by atoms with Crippen molar-refractivity contribution in [2.45, 2.75) is 0 Å². The van der Waals surface area contributed by atoms with E-state index in [2.05, 4.69) is 300 Å². The van der Waals surface area contributed by atoms with Gasteiger partial charge in [-0.1, -0.05) is 322 Å². The fraction of sp³-hybridized carbons (Fsp3) is 0. The maximum Gasteiger partial charge on any atom is 0.238 e. The highest BCUT2D eigenvalue weighted by molar-refractivity contribution is 6.32. The van der Waals surface area contributed by atoms with E-state index >= 15 is 0 Å². The second-order valence-corrected chi connectivity index (χ2v) is 31.0. The van der Waals surface area contributed by atoms with Gasteiger partial charge in [-0.05, 0) is 122 Å². The third-order valence-electron chi connectivity index (χ3n) is 24.1. The highest BCUT2D eigenvalue weighted by Crippen LogP contribution is 2.50. The molecule has 0 spiro atoms. The van der Waals surface area contributed by atoms with Crippen LogP contribution < -0.4 is 0 Å². The smallest absolute Gasteiger partial charge is 0.238 e. The van der Waals surface area contributed by atoms with Crippen LogP contribution in [-0.2, 0) is 0 Å². The van der Waals surface area contributed by atoms with Crippen molar-refractivity contribution in [3.8, 4) is 102 Å². The van der Waals surface area contributed by atoms with E-state index in [4.69, 9.17) is 47.6 Å². The van der Waals surface area contributed by atoms with Crippen LogP contribution in [0.1, 0.15) is 0 Å². The Kier molecular flexibility index (Phi) is 15.4. The molecule has 0 aliphatic rings. The number of nitrogens with zero attached hydrogens (tertiary/aromatic N) is 8. The van der Waals surface area contributed by atoms with E-state index in [9.17, 15) is 0 Å². The van der Waals surface area contributed by atoms with Crippen LogP contribution in [0, 0.1) is 0 Å². The minimum Gasteiger partial charge on any atom is -0.455 e. The van der Waals surface area contributed by atoms with Crippen molar-refractivity contribution >= 4 is 153 Å². The molecule has 12 heteroatoms. The van der Waals surface area contributed by atoms with Crippen LogP contribution >= 0.6 is 0 Å². The number of aromatic nitrogens is 8. The zero-order valence-corrected chi connectivity index (χ0v) is 65.2. The Morgan fingerprint density at radius 2 is 0.484 bits per heavy atom. The Morgan fingerprint density at radius 3 is 0.943 bits per heavy atom. The monoisotopic (exact) mass is 1560 g/mol. The zero-order valence-electron chi connectivity index (χ0n) is 65.2. The fourth-order valence-corrected chi connectivity index (χ4v) is 18.6. The van der Waals surface area contributed by atoms with Gasteiger partial charge in [0.05, 0.1) is 32.8 Å². The van der Waals surface area contributed by atoms with E-state index in [1.807, 2.05) is 97.1 Å². The molecule has 18 aromatic carbocycles. The summed E-state index contributed by atoms with van der Waals surface area (Å²) in [7, 11) is 0. The lowest BCUT2D eigenvalue weighted by Crippen LogP contribution is -2.06. The fourth-order valence-electron chi connectivity index (χ4n) is 18.6. The van der Waals surface area contributed by atoms with Gasteiger partial charge >= 0.3 is 0 Å². The molecule has 0 saturated carbocycles. The second-order valence-electron chi connectivity index (χ2n) is 31.0. The van der Waals surface area contributed by atoms with Gasteiger partial charge < -0.3 is 17.7 Å². The Morgan fingerprint density at radius 1 is 0.164 bits per heavy atom. The van der Waals surface area contributed by atoms with Crippen LogP contribution in [0.15, 0.2) is 406 Å². The van der Waals surface area contributed by atoms with Crippen molar-refractivity contribution in [3.05, 3.63) is 388 Å².